The third kappa shape index (κ3) is 64.7. The van der Waals surface area contributed by atoms with Gasteiger partial charge < -0.3 is 9.90 Å². The first kappa shape index (κ1) is 9.22. The van der Waals surface area contributed by atoms with Crippen LogP contribution in [-0.2, 0) is 4.79 Å². The maximum Gasteiger partial charge on any atom is 3.00 e. The number of hydrogen-bond acceptors (Lipinski definition) is 2. The SMILES string of the molecule is CC(=O)[O-].[Dy+3]. The minimum Gasteiger partial charge on any atom is -0.550 e. The van der Waals surface area contributed by atoms with Crippen LogP contribution in [0.25, 0.3) is 0 Å². The van der Waals surface area contributed by atoms with Crippen molar-refractivity contribution in [2.24, 2.45) is 0 Å². The van der Waals surface area contributed by atoms with E-state index < -0.39 is 5.97 Å². The van der Waals surface area contributed by atoms with Gasteiger partial charge in [-0.15, -0.1) is 0 Å². The van der Waals surface area contributed by atoms with E-state index in [0.717, 1.165) is 6.92 Å². The van der Waals surface area contributed by atoms with E-state index in [1.807, 2.05) is 0 Å². The first-order valence-electron chi connectivity index (χ1n) is 0.908. The molecule has 0 rings (SSSR count). The number of rotatable bonds is 0. The van der Waals surface area contributed by atoms with Crippen LogP contribution in [-0.4, -0.2) is 5.97 Å². The van der Waals surface area contributed by atoms with Gasteiger partial charge in [0.1, 0.15) is 0 Å². The first-order valence-corrected chi connectivity index (χ1v) is 0.908. The van der Waals surface area contributed by atoms with Gasteiger partial charge in [-0.2, -0.15) is 0 Å². The summed E-state index contributed by atoms with van der Waals surface area (Å²) in [6, 6.07) is 0. The van der Waals surface area contributed by atoms with E-state index in [2.05, 4.69) is 0 Å². The fourth-order valence-corrected chi connectivity index (χ4v) is 0. The molecule has 31 valence electrons. The Morgan fingerprint density at radius 2 is 1.80 bits per heavy atom. The van der Waals surface area contributed by atoms with Crippen molar-refractivity contribution >= 4 is 5.97 Å². The molecule has 0 bridgehead atoms. The number of carboxylic acids is 1. The molecule has 0 amide bonds. The molecule has 2 nitrogen and oxygen atoms in total. The van der Waals surface area contributed by atoms with Crippen molar-refractivity contribution < 1.29 is 48.1 Å². The van der Waals surface area contributed by atoms with Crippen LogP contribution in [0.2, 0.25) is 0 Å². The minimum absolute atomic E-state index is 0. The van der Waals surface area contributed by atoms with E-state index in [-0.39, 0.29) is 38.2 Å². The first-order chi connectivity index (χ1) is 1.73. The van der Waals surface area contributed by atoms with Crippen LogP contribution >= 0.6 is 0 Å². The molecule has 0 spiro atoms. The van der Waals surface area contributed by atoms with Crippen molar-refractivity contribution in [3.8, 4) is 0 Å². The fourth-order valence-electron chi connectivity index (χ4n) is 0. The molecule has 0 N–H and O–H groups in total. The smallest absolute Gasteiger partial charge is 0.550 e. The van der Waals surface area contributed by atoms with Crippen LogP contribution < -0.4 is 5.11 Å². The van der Waals surface area contributed by atoms with E-state index >= 15 is 0 Å². The summed E-state index contributed by atoms with van der Waals surface area (Å²) in [6.07, 6.45) is 0. The standard InChI is InChI=1S/C2H4O2.Dy/c1-2(3)4;/h1H3,(H,3,4);/q;+3/p-1. The van der Waals surface area contributed by atoms with Gasteiger partial charge in [-0.05, 0) is 6.92 Å². The molecule has 0 heterocycles. The van der Waals surface area contributed by atoms with E-state index in [0.29, 0.717) is 0 Å². The van der Waals surface area contributed by atoms with Gasteiger partial charge in [-0.25, -0.2) is 0 Å². The summed E-state index contributed by atoms with van der Waals surface area (Å²) in [4.78, 5) is 8.89. The molecule has 0 aliphatic rings. The Hall–Kier alpha value is 0.743. The monoisotopic (exact) mass is 223 g/mol. The zero-order valence-corrected chi connectivity index (χ0v) is 4.66. The van der Waals surface area contributed by atoms with Crippen LogP contribution in [0.5, 0.6) is 0 Å². The zero-order valence-electron chi connectivity index (χ0n) is 2.63. The van der Waals surface area contributed by atoms with Crippen molar-refractivity contribution in [1.29, 1.82) is 0 Å². The quantitative estimate of drug-likeness (QED) is 0.513. The van der Waals surface area contributed by atoms with E-state index in [9.17, 15) is 0 Å². The maximum atomic E-state index is 8.89. The summed E-state index contributed by atoms with van der Waals surface area (Å²) < 4.78 is 0. The van der Waals surface area contributed by atoms with Gasteiger partial charge >= 0.3 is 38.2 Å². The summed E-state index contributed by atoms with van der Waals surface area (Å²) in [6.45, 7) is 0.972. The number of carbonyl (C=O) groups is 1. The number of carboxylic acid groups (broad SMARTS) is 1. The van der Waals surface area contributed by atoms with Crippen molar-refractivity contribution in [1.82, 2.24) is 0 Å². The number of aliphatic carboxylic acids is 1. The molecule has 3 heteroatoms. The van der Waals surface area contributed by atoms with Gasteiger partial charge in [0.25, 0.3) is 0 Å². The summed E-state index contributed by atoms with van der Waals surface area (Å²) in [7, 11) is 0. The zero-order chi connectivity index (χ0) is 3.58. The molecule has 0 saturated heterocycles. The Labute approximate surface area is 60.6 Å². The third-order valence-electron chi connectivity index (χ3n) is 0. The van der Waals surface area contributed by atoms with E-state index in [1.54, 1.807) is 0 Å². The molecule has 0 aliphatic carbocycles. The average molecular weight is 222 g/mol. The molecular weight excluding hydrogens is 219 g/mol. The predicted octanol–water partition coefficient (Wildman–Crippen LogP) is -1.24. The van der Waals surface area contributed by atoms with E-state index in [1.165, 1.54) is 0 Å². The number of hydrogen-bond donors (Lipinski definition) is 0. The fraction of sp³-hybridized carbons (Fsp3) is 0.500. The number of carbonyl (C=O) groups excluding carboxylic acids is 1. The second-order valence-electron chi connectivity index (χ2n) is 0.492. The Morgan fingerprint density at radius 1 is 1.80 bits per heavy atom. The molecule has 0 aromatic rings. The van der Waals surface area contributed by atoms with Crippen LogP contribution in [0.3, 0.4) is 0 Å². The van der Waals surface area contributed by atoms with Crippen LogP contribution in [0.15, 0.2) is 0 Å². The second-order valence-corrected chi connectivity index (χ2v) is 0.492. The second kappa shape index (κ2) is 4.74. The van der Waals surface area contributed by atoms with Gasteiger partial charge in [0.05, 0.1) is 0 Å². The molecule has 0 aromatic heterocycles. The Balaban J connectivity index is 0. The molecule has 5 heavy (non-hydrogen) atoms. The van der Waals surface area contributed by atoms with Crippen molar-refractivity contribution in [2.75, 3.05) is 0 Å². The van der Waals surface area contributed by atoms with Gasteiger partial charge in [-0.1, -0.05) is 0 Å². The third-order valence-corrected chi connectivity index (χ3v) is 0. The summed E-state index contributed by atoms with van der Waals surface area (Å²) in [5, 5.41) is 8.89. The van der Waals surface area contributed by atoms with Gasteiger partial charge in [-0.3, -0.25) is 0 Å². The molecule has 1 radical (unpaired) electrons. The topological polar surface area (TPSA) is 40.1 Å². The maximum absolute atomic E-state index is 8.89. The van der Waals surface area contributed by atoms with E-state index in [4.69, 9.17) is 9.90 Å². The minimum atomic E-state index is -1.08. The summed E-state index contributed by atoms with van der Waals surface area (Å²) >= 11 is 0. The molecule has 0 aliphatic heterocycles. The Bertz CT molecular complexity index is 30.6. The van der Waals surface area contributed by atoms with Gasteiger partial charge in [0.2, 0.25) is 0 Å². The van der Waals surface area contributed by atoms with Crippen LogP contribution in [0.4, 0.5) is 0 Å². The summed E-state index contributed by atoms with van der Waals surface area (Å²) in [5.41, 5.74) is 0. The van der Waals surface area contributed by atoms with Crippen molar-refractivity contribution in [3.63, 3.8) is 0 Å². The summed E-state index contributed by atoms with van der Waals surface area (Å²) in [5.74, 6) is -1.08. The molecule has 0 aromatic carbocycles. The Kier molecular flexibility index (Phi) is 8.75. The molecule has 0 saturated carbocycles. The Morgan fingerprint density at radius 3 is 1.80 bits per heavy atom. The predicted molar refractivity (Wildman–Crippen MR) is 10.7 cm³/mol. The van der Waals surface area contributed by atoms with Crippen LogP contribution in [0.1, 0.15) is 6.92 Å². The molecular formula is C2H3DyO2+2. The molecule has 0 fully saturated rings. The van der Waals surface area contributed by atoms with Crippen LogP contribution in [0, 0.1) is 38.2 Å². The molecule has 0 unspecified atom stereocenters. The normalized spacial score (nSPS) is 5.00. The van der Waals surface area contributed by atoms with Gasteiger partial charge in [0, 0.05) is 5.97 Å². The average Bonchev–Trinajstić information content (AvgIpc) is 0.811. The van der Waals surface area contributed by atoms with Crippen molar-refractivity contribution in [2.45, 2.75) is 6.92 Å². The largest absolute Gasteiger partial charge is 3.00 e. The van der Waals surface area contributed by atoms with Gasteiger partial charge in [0.15, 0.2) is 0 Å². The molecule has 0 atom stereocenters. The van der Waals surface area contributed by atoms with Crippen molar-refractivity contribution in [3.05, 3.63) is 0 Å².